The number of hydrogen-bond donors (Lipinski definition) is 1. The van der Waals surface area contributed by atoms with Crippen LogP contribution >= 0.6 is 147 Å². The third-order valence-corrected chi connectivity index (χ3v) is 12.5. The van der Waals surface area contributed by atoms with Crippen LogP contribution in [0.5, 0.6) is 34.5 Å². The Balaban J connectivity index is 1.81. The molecule has 19 heteroatoms. The van der Waals surface area contributed by atoms with E-state index in [0.717, 1.165) is 0 Å². The minimum atomic E-state index is -5.71. The van der Waals surface area contributed by atoms with Crippen molar-refractivity contribution in [2.24, 2.45) is 0 Å². The van der Waals surface area contributed by atoms with E-state index in [0.29, 0.717) is 0 Å². The van der Waals surface area contributed by atoms with Gasteiger partial charge in [-0.15, -0.1) is 0 Å². The van der Waals surface area contributed by atoms with E-state index in [4.69, 9.17) is 162 Å². The standard InChI is InChI=1S/C18HCl12O6P/c19-1-2(20)8(26)14(13(31)7(1)25)32-37(33-15-9(27)3(21)4(22)10(28)16(15)34-37)35-17-11(29)5(23)6(24)12(30)18(17)36-37/h31H. The molecule has 0 amide bonds. The number of phenols is 1. The van der Waals surface area contributed by atoms with Gasteiger partial charge in [0.2, 0.25) is 0 Å². The van der Waals surface area contributed by atoms with Gasteiger partial charge in [0.05, 0.1) is 0 Å². The van der Waals surface area contributed by atoms with Gasteiger partial charge in [-0.05, 0) is 0 Å². The fourth-order valence-corrected chi connectivity index (χ4v) is 8.78. The number of benzene rings is 3. The third-order valence-electron chi connectivity index (χ3n) is 4.77. The van der Waals surface area contributed by atoms with Crippen LogP contribution in [0.3, 0.4) is 0 Å². The summed E-state index contributed by atoms with van der Waals surface area (Å²) >= 11 is 74.7. The molecular formula is C18HCl12O6P. The van der Waals surface area contributed by atoms with E-state index in [1.54, 1.807) is 0 Å². The van der Waals surface area contributed by atoms with Crippen LogP contribution in [0.4, 0.5) is 0 Å². The Morgan fingerprint density at radius 1 is 0.405 bits per heavy atom. The van der Waals surface area contributed by atoms with Gasteiger partial charge in [0.15, 0.2) is 0 Å². The molecule has 37 heavy (non-hydrogen) atoms. The first-order chi connectivity index (χ1) is 17.1. The molecule has 198 valence electrons. The van der Waals surface area contributed by atoms with E-state index in [-0.39, 0.29) is 73.2 Å². The molecule has 3 aromatic carbocycles. The zero-order valence-corrected chi connectivity index (χ0v) is 26.4. The van der Waals surface area contributed by atoms with Gasteiger partial charge in [-0.25, -0.2) is 0 Å². The maximum absolute atomic E-state index is 10.7. The van der Waals surface area contributed by atoms with E-state index < -0.39 is 29.3 Å². The summed E-state index contributed by atoms with van der Waals surface area (Å²) in [6.45, 7) is 0. The van der Waals surface area contributed by atoms with E-state index >= 15 is 0 Å². The average Bonchev–Trinajstić information content (AvgIpc) is 3.40. The SMILES string of the molecule is Oc1c(Cl)c(Cl)c(Cl)c(Cl)c1OP12(Oc3c(Cl)c(Cl)c(Cl)c(Cl)c3O1)Oc1c(Cl)c(Cl)c(Cl)c(Cl)c1O2. The first kappa shape index (κ1) is 28.9. The van der Waals surface area contributed by atoms with Crippen LogP contribution in [0.15, 0.2) is 0 Å². The summed E-state index contributed by atoms with van der Waals surface area (Å²) in [6, 6.07) is 0. The van der Waals surface area contributed by atoms with Gasteiger partial charge in [0.25, 0.3) is 0 Å². The molecule has 1 spiro atoms. The van der Waals surface area contributed by atoms with Crippen LogP contribution in [0.1, 0.15) is 0 Å². The van der Waals surface area contributed by atoms with Crippen LogP contribution in [0.25, 0.3) is 0 Å². The van der Waals surface area contributed by atoms with Gasteiger partial charge in [0, 0.05) is 0 Å². The van der Waals surface area contributed by atoms with Gasteiger partial charge in [-0.1, -0.05) is 0 Å². The number of fused-ring (bicyclic) bond motifs is 2. The molecule has 5 rings (SSSR count). The summed E-state index contributed by atoms with van der Waals surface area (Å²) in [5.41, 5.74) is 0. The minimum absolute atomic E-state index is 0.202. The summed E-state index contributed by atoms with van der Waals surface area (Å²) < 4.78 is 29.9. The second-order valence-corrected chi connectivity index (χ2v) is 13.9. The third kappa shape index (κ3) is 4.10. The summed E-state index contributed by atoms with van der Waals surface area (Å²) in [5, 5.41) is 7.37. The summed E-state index contributed by atoms with van der Waals surface area (Å²) in [5.74, 6) is -2.73. The van der Waals surface area contributed by atoms with Crippen molar-refractivity contribution in [3.8, 4) is 34.5 Å². The number of halogens is 12. The van der Waals surface area contributed by atoms with Crippen molar-refractivity contribution in [3.63, 3.8) is 0 Å². The van der Waals surface area contributed by atoms with Gasteiger partial charge in [-0.3, -0.25) is 0 Å². The van der Waals surface area contributed by atoms with Crippen molar-refractivity contribution in [2.75, 3.05) is 0 Å². The Morgan fingerprint density at radius 2 is 0.676 bits per heavy atom. The molecule has 6 nitrogen and oxygen atoms in total. The predicted molar refractivity (Wildman–Crippen MR) is 151 cm³/mol. The van der Waals surface area contributed by atoms with Crippen molar-refractivity contribution in [3.05, 3.63) is 60.3 Å². The molecule has 0 aliphatic carbocycles. The quantitative estimate of drug-likeness (QED) is 0.159. The van der Waals surface area contributed by atoms with E-state index in [2.05, 4.69) is 0 Å². The molecule has 3 aromatic rings. The van der Waals surface area contributed by atoms with Crippen molar-refractivity contribution in [1.82, 2.24) is 0 Å². The Hall–Kier alpha value is 0.370. The monoisotopic (exact) mass is 764 g/mol. The van der Waals surface area contributed by atoms with Gasteiger partial charge < -0.3 is 0 Å². The van der Waals surface area contributed by atoms with E-state index in [1.165, 1.54) is 0 Å². The van der Waals surface area contributed by atoms with Crippen LogP contribution in [0, 0.1) is 0 Å². The Labute approximate surface area is 267 Å². The molecule has 0 fully saturated rings. The molecule has 0 radical (unpaired) electrons. The molecule has 0 saturated carbocycles. The number of rotatable bonds is 2. The molecule has 0 atom stereocenters. The van der Waals surface area contributed by atoms with Crippen molar-refractivity contribution in [2.45, 2.75) is 0 Å². The van der Waals surface area contributed by atoms with Crippen LogP contribution in [-0.2, 0) is 0 Å². The maximum atomic E-state index is 10.7. The van der Waals surface area contributed by atoms with Crippen molar-refractivity contribution >= 4 is 147 Å². The van der Waals surface area contributed by atoms with E-state index in [9.17, 15) is 5.11 Å². The summed E-state index contributed by atoms with van der Waals surface area (Å²) in [4.78, 5) is 0. The molecule has 0 unspecified atom stereocenters. The number of aromatic hydroxyl groups is 1. The van der Waals surface area contributed by atoms with Crippen LogP contribution < -0.4 is 22.6 Å². The molecular weight excluding hydrogens is 769 g/mol. The van der Waals surface area contributed by atoms with Gasteiger partial charge >= 0.3 is 269 Å². The van der Waals surface area contributed by atoms with Crippen LogP contribution in [-0.4, -0.2) is 5.11 Å². The van der Waals surface area contributed by atoms with Crippen molar-refractivity contribution < 1.29 is 27.7 Å². The second-order valence-electron chi connectivity index (χ2n) is 6.96. The Bertz CT molecular complexity index is 1390. The van der Waals surface area contributed by atoms with Gasteiger partial charge in [0.1, 0.15) is 0 Å². The van der Waals surface area contributed by atoms with Crippen LogP contribution in [0.2, 0.25) is 60.3 Å². The molecule has 2 aliphatic rings. The topological polar surface area (TPSA) is 66.4 Å². The van der Waals surface area contributed by atoms with E-state index in [1.807, 2.05) is 0 Å². The molecule has 1 N–H and O–H groups in total. The summed E-state index contributed by atoms with van der Waals surface area (Å²) in [6.07, 6.45) is 0. The summed E-state index contributed by atoms with van der Waals surface area (Å²) in [7, 11) is -5.71. The molecule has 0 bridgehead atoms. The normalized spacial score (nSPS) is 17.1. The average molecular weight is 770 g/mol. The first-order valence-corrected chi connectivity index (χ1v) is 15.3. The van der Waals surface area contributed by atoms with Gasteiger partial charge in [-0.2, -0.15) is 0 Å². The first-order valence-electron chi connectivity index (χ1n) is 8.92. The van der Waals surface area contributed by atoms with Crippen molar-refractivity contribution in [1.29, 1.82) is 0 Å². The molecule has 2 aliphatic heterocycles. The molecule has 2 heterocycles. The zero-order valence-electron chi connectivity index (χ0n) is 16.5. The fourth-order valence-electron chi connectivity index (χ4n) is 3.12. The predicted octanol–water partition coefficient (Wildman–Crippen LogP) is 12.7. The Morgan fingerprint density at radius 3 is 1.00 bits per heavy atom. The number of hydrogen-bond acceptors (Lipinski definition) is 6. The fraction of sp³-hybridized carbons (Fsp3) is 0. The zero-order chi connectivity index (χ0) is 27.4. The second kappa shape index (κ2) is 9.46. The molecule has 0 aromatic heterocycles. The molecule has 0 saturated heterocycles. The Kier molecular flexibility index (Phi) is 7.38. The number of phenolic OH excluding ortho intramolecular Hbond substituents is 1.